The molecule has 0 unspecified atom stereocenters. The lowest BCUT2D eigenvalue weighted by Gasteiger charge is -1.92. The van der Waals surface area contributed by atoms with Gasteiger partial charge in [-0.05, 0) is 18.6 Å². The van der Waals surface area contributed by atoms with Crippen molar-refractivity contribution in [2.45, 2.75) is 6.92 Å². The Kier molecular flexibility index (Phi) is 2.81. The van der Waals surface area contributed by atoms with Gasteiger partial charge < -0.3 is 5.73 Å². The topological polar surface area (TPSA) is 38.9 Å². The van der Waals surface area contributed by atoms with Gasteiger partial charge in [0, 0.05) is 18.4 Å². The monoisotopic (exact) mass is 148 g/mol. The highest BCUT2D eigenvalue weighted by atomic mass is 14.6. The van der Waals surface area contributed by atoms with Crippen LogP contribution in [0, 0.1) is 6.92 Å². The molecule has 0 atom stereocenters. The van der Waals surface area contributed by atoms with E-state index in [2.05, 4.69) is 4.98 Å². The second-order valence-electron chi connectivity index (χ2n) is 2.37. The molecule has 0 aliphatic heterocycles. The molecular weight excluding hydrogens is 136 g/mol. The van der Waals surface area contributed by atoms with Gasteiger partial charge in [-0.25, -0.2) is 0 Å². The van der Waals surface area contributed by atoms with Gasteiger partial charge in [0.2, 0.25) is 0 Å². The van der Waals surface area contributed by atoms with E-state index in [1.807, 2.05) is 37.4 Å². The van der Waals surface area contributed by atoms with Crippen LogP contribution in [0.5, 0.6) is 0 Å². The molecule has 58 valence electrons. The molecule has 1 aromatic heterocycles. The fraction of sp³-hybridized carbons (Fsp3) is 0.222. The first-order chi connectivity index (χ1) is 5.33. The van der Waals surface area contributed by atoms with Gasteiger partial charge in [-0.15, -0.1) is 0 Å². The van der Waals surface area contributed by atoms with Crippen LogP contribution in [0.15, 0.2) is 24.4 Å². The molecule has 0 saturated carbocycles. The van der Waals surface area contributed by atoms with Crippen molar-refractivity contribution in [3.8, 4) is 0 Å². The number of hydrogen-bond acceptors (Lipinski definition) is 2. The maximum atomic E-state index is 5.30. The molecule has 0 spiro atoms. The summed E-state index contributed by atoms with van der Waals surface area (Å²) in [6, 6.07) is 4.00. The Morgan fingerprint density at radius 1 is 1.55 bits per heavy atom. The minimum Gasteiger partial charge on any atom is -0.327 e. The van der Waals surface area contributed by atoms with Crippen molar-refractivity contribution < 1.29 is 0 Å². The quantitative estimate of drug-likeness (QED) is 0.687. The van der Waals surface area contributed by atoms with Gasteiger partial charge in [-0.3, -0.25) is 4.98 Å². The smallest absolute Gasteiger partial charge is 0.0373 e. The third kappa shape index (κ3) is 2.51. The van der Waals surface area contributed by atoms with Crippen LogP contribution in [0.1, 0.15) is 11.3 Å². The summed E-state index contributed by atoms with van der Waals surface area (Å²) in [7, 11) is 0. The first-order valence-corrected chi connectivity index (χ1v) is 3.62. The SMILES string of the molecule is Cc1ccc(/C=C/CN)cn1. The van der Waals surface area contributed by atoms with Crippen molar-refractivity contribution in [3.63, 3.8) is 0 Å². The summed E-state index contributed by atoms with van der Waals surface area (Å²) in [6.45, 7) is 2.55. The zero-order valence-electron chi connectivity index (χ0n) is 6.62. The standard InChI is InChI=1S/C9H12N2/c1-8-4-5-9(7-11-8)3-2-6-10/h2-5,7H,6,10H2,1H3/b3-2+. The Balaban J connectivity index is 2.73. The molecule has 0 amide bonds. The summed E-state index contributed by atoms with van der Waals surface area (Å²) >= 11 is 0. The summed E-state index contributed by atoms with van der Waals surface area (Å²) in [4.78, 5) is 4.14. The number of nitrogens with zero attached hydrogens (tertiary/aromatic N) is 1. The molecule has 2 nitrogen and oxygen atoms in total. The first-order valence-electron chi connectivity index (χ1n) is 3.62. The molecule has 11 heavy (non-hydrogen) atoms. The van der Waals surface area contributed by atoms with Crippen LogP contribution in [0.4, 0.5) is 0 Å². The van der Waals surface area contributed by atoms with Gasteiger partial charge in [0.15, 0.2) is 0 Å². The maximum absolute atomic E-state index is 5.30. The third-order valence-corrected chi connectivity index (χ3v) is 1.38. The Labute approximate surface area is 66.8 Å². The van der Waals surface area contributed by atoms with Crippen molar-refractivity contribution in [2.75, 3.05) is 6.54 Å². The van der Waals surface area contributed by atoms with Crippen molar-refractivity contribution in [3.05, 3.63) is 35.7 Å². The van der Waals surface area contributed by atoms with Gasteiger partial charge in [-0.1, -0.05) is 18.2 Å². The second-order valence-corrected chi connectivity index (χ2v) is 2.37. The molecule has 0 aromatic carbocycles. The predicted octanol–water partition coefficient (Wildman–Crippen LogP) is 1.36. The van der Waals surface area contributed by atoms with E-state index in [4.69, 9.17) is 5.73 Å². The Bertz CT molecular complexity index is 236. The van der Waals surface area contributed by atoms with Crippen LogP contribution < -0.4 is 5.73 Å². The number of aryl methyl sites for hydroxylation is 1. The van der Waals surface area contributed by atoms with Crippen LogP contribution in [-0.4, -0.2) is 11.5 Å². The molecule has 1 aromatic rings. The summed E-state index contributed by atoms with van der Waals surface area (Å²) in [5.41, 5.74) is 7.43. The molecule has 1 heterocycles. The molecule has 2 N–H and O–H groups in total. The molecule has 0 aliphatic rings. The van der Waals surface area contributed by atoms with Crippen molar-refractivity contribution in [1.82, 2.24) is 4.98 Å². The molecule has 0 fully saturated rings. The molecule has 0 saturated heterocycles. The lowest BCUT2D eigenvalue weighted by atomic mass is 10.2. The highest BCUT2D eigenvalue weighted by Gasteiger charge is 1.85. The van der Waals surface area contributed by atoms with Crippen molar-refractivity contribution in [2.24, 2.45) is 5.73 Å². The summed E-state index contributed by atoms with van der Waals surface area (Å²) in [6.07, 6.45) is 5.71. The summed E-state index contributed by atoms with van der Waals surface area (Å²) < 4.78 is 0. The minimum absolute atomic E-state index is 0.577. The molecule has 2 heteroatoms. The average molecular weight is 148 g/mol. The van der Waals surface area contributed by atoms with Gasteiger partial charge in [0.1, 0.15) is 0 Å². The third-order valence-electron chi connectivity index (χ3n) is 1.38. The van der Waals surface area contributed by atoms with E-state index in [0.29, 0.717) is 6.54 Å². The zero-order chi connectivity index (χ0) is 8.10. The average Bonchev–Trinajstić information content (AvgIpc) is 2.04. The number of hydrogen-bond donors (Lipinski definition) is 1. The Hall–Kier alpha value is -1.15. The largest absolute Gasteiger partial charge is 0.327 e. The fourth-order valence-electron chi connectivity index (χ4n) is 0.782. The van der Waals surface area contributed by atoms with Crippen molar-refractivity contribution in [1.29, 1.82) is 0 Å². The van der Waals surface area contributed by atoms with E-state index in [1.54, 1.807) is 0 Å². The molecule has 1 rings (SSSR count). The van der Waals surface area contributed by atoms with Crippen LogP contribution >= 0.6 is 0 Å². The van der Waals surface area contributed by atoms with Gasteiger partial charge >= 0.3 is 0 Å². The van der Waals surface area contributed by atoms with Crippen LogP contribution in [0.25, 0.3) is 6.08 Å². The lowest BCUT2D eigenvalue weighted by Crippen LogP contribution is -1.92. The summed E-state index contributed by atoms with van der Waals surface area (Å²) in [5.74, 6) is 0. The molecule has 0 aliphatic carbocycles. The predicted molar refractivity (Wildman–Crippen MR) is 47.1 cm³/mol. The van der Waals surface area contributed by atoms with E-state index in [0.717, 1.165) is 11.3 Å². The number of aromatic nitrogens is 1. The van der Waals surface area contributed by atoms with Crippen LogP contribution in [0.3, 0.4) is 0 Å². The molecule has 0 radical (unpaired) electrons. The highest BCUT2D eigenvalue weighted by Crippen LogP contribution is 2.00. The van der Waals surface area contributed by atoms with Crippen LogP contribution in [0.2, 0.25) is 0 Å². The normalized spacial score (nSPS) is 10.7. The zero-order valence-corrected chi connectivity index (χ0v) is 6.62. The number of nitrogens with two attached hydrogens (primary N) is 1. The molecular formula is C9H12N2. The lowest BCUT2D eigenvalue weighted by molar-refractivity contribution is 1.19. The summed E-state index contributed by atoms with van der Waals surface area (Å²) in [5, 5.41) is 0. The van der Waals surface area contributed by atoms with Gasteiger partial charge in [0.05, 0.1) is 0 Å². The maximum Gasteiger partial charge on any atom is 0.0373 e. The first kappa shape index (κ1) is 7.95. The van der Waals surface area contributed by atoms with Crippen LogP contribution in [-0.2, 0) is 0 Å². The van der Waals surface area contributed by atoms with E-state index < -0.39 is 0 Å². The van der Waals surface area contributed by atoms with E-state index >= 15 is 0 Å². The number of pyridine rings is 1. The van der Waals surface area contributed by atoms with E-state index in [1.165, 1.54) is 0 Å². The van der Waals surface area contributed by atoms with Gasteiger partial charge in [-0.2, -0.15) is 0 Å². The van der Waals surface area contributed by atoms with E-state index in [-0.39, 0.29) is 0 Å². The number of rotatable bonds is 2. The highest BCUT2D eigenvalue weighted by molar-refractivity contribution is 5.47. The Morgan fingerprint density at radius 3 is 2.91 bits per heavy atom. The molecule has 0 bridgehead atoms. The van der Waals surface area contributed by atoms with Crippen molar-refractivity contribution >= 4 is 6.08 Å². The minimum atomic E-state index is 0.577. The Morgan fingerprint density at radius 2 is 2.36 bits per heavy atom. The van der Waals surface area contributed by atoms with Gasteiger partial charge in [0.25, 0.3) is 0 Å². The van der Waals surface area contributed by atoms with E-state index in [9.17, 15) is 0 Å². The second kappa shape index (κ2) is 3.88. The fourth-order valence-corrected chi connectivity index (χ4v) is 0.782.